The van der Waals surface area contributed by atoms with Crippen molar-refractivity contribution in [3.05, 3.63) is 33.4 Å². The summed E-state index contributed by atoms with van der Waals surface area (Å²) in [4.78, 5) is 11.1. The highest BCUT2D eigenvalue weighted by atomic mass is 32.1. The van der Waals surface area contributed by atoms with Gasteiger partial charge in [-0.2, -0.15) is 0 Å². The fourth-order valence-electron chi connectivity index (χ4n) is 1.45. The van der Waals surface area contributed by atoms with Crippen LogP contribution in [0, 0.1) is 24.0 Å². The minimum atomic E-state index is -0.568. The highest BCUT2D eigenvalue weighted by Gasteiger charge is 2.12. The molecule has 0 spiro atoms. The maximum atomic E-state index is 10.4. The molecule has 0 saturated carbocycles. The van der Waals surface area contributed by atoms with E-state index in [-0.39, 0.29) is 4.92 Å². The van der Waals surface area contributed by atoms with E-state index in [2.05, 4.69) is 12.6 Å². The summed E-state index contributed by atoms with van der Waals surface area (Å²) in [5, 5.41) is 10.4. The zero-order valence-corrected chi connectivity index (χ0v) is 11.2. The summed E-state index contributed by atoms with van der Waals surface area (Å²) in [6.07, 6.45) is 0.410. The zero-order valence-electron chi connectivity index (χ0n) is 10.3. The topological polar surface area (TPSA) is 52.4 Å². The molecule has 0 aliphatic heterocycles. The summed E-state index contributed by atoms with van der Waals surface area (Å²) >= 11 is 4.36. The first-order chi connectivity index (χ1) is 7.91. The second kappa shape index (κ2) is 5.91. The molecule has 0 aliphatic rings. The van der Waals surface area contributed by atoms with Crippen LogP contribution in [0.2, 0.25) is 0 Å². The molecule has 1 rings (SSSR count). The molecule has 0 heterocycles. The second-order valence-electron chi connectivity index (χ2n) is 4.18. The third-order valence-corrected chi connectivity index (χ3v) is 3.33. The lowest BCUT2D eigenvalue weighted by Crippen LogP contribution is -2.18. The maximum absolute atomic E-state index is 10.4. The predicted octanol–water partition coefficient (Wildman–Crippen LogP) is 3.03. The van der Waals surface area contributed by atoms with E-state index in [9.17, 15) is 10.1 Å². The lowest BCUT2D eigenvalue weighted by atomic mass is 10.1. The normalized spacial score (nSPS) is 12.2. The first-order valence-electron chi connectivity index (χ1n) is 5.48. The SMILES string of the molecule is Cc1cc(OCC[C@@H](C)[N+](=O)[O-])cc(C)c1S. The predicted molar refractivity (Wildman–Crippen MR) is 69.7 cm³/mol. The summed E-state index contributed by atoms with van der Waals surface area (Å²) in [6, 6.07) is 3.22. The molecule has 1 atom stereocenters. The molecule has 94 valence electrons. The third kappa shape index (κ3) is 3.93. The van der Waals surface area contributed by atoms with Crippen LogP contribution in [0.1, 0.15) is 24.5 Å². The zero-order chi connectivity index (χ0) is 13.0. The molecule has 0 saturated heterocycles. The number of rotatable bonds is 5. The molecular formula is C12H17NO3S. The Morgan fingerprint density at radius 1 is 1.41 bits per heavy atom. The lowest BCUT2D eigenvalue weighted by molar-refractivity contribution is -0.519. The van der Waals surface area contributed by atoms with E-state index >= 15 is 0 Å². The molecule has 5 heteroatoms. The molecule has 0 bridgehead atoms. The molecule has 0 amide bonds. The number of benzene rings is 1. The van der Waals surface area contributed by atoms with Gasteiger partial charge in [-0.05, 0) is 37.1 Å². The van der Waals surface area contributed by atoms with E-state index < -0.39 is 6.04 Å². The van der Waals surface area contributed by atoms with E-state index in [4.69, 9.17) is 4.74 Å². The summed E-state index contributed by atoms with van der Waals surface area (Å²) < 4.78 is 5.51. The van der Waals surface area contributed by atoms with Gasteiger partial charge in [-0.3, -0.25) is 10.1 Å². The fraction of sp³-hybridized carbons (Fsp3) is 0.500. The molecule has 0 N–H and O–H groups in total. The largest absolute Gasteiger partial charge is 0.493 e. The minimum Gasteiger partial charge on any atom is -0.493 e. The number of nitrogens with zero attached hydrogens (tertiary/aromatic N) is 1. The van der Waals surface area contributed by atoms with Gasteiger partial charge in [-0.1, -0.05) is 0 Å². The van der Waals surface area contributed by atoms with Gasteiger partial charge in [-0.25, -0.2) is 0 Å². The average molecular weight is 255 g/mol. The van der Waals surface area contributed by atoms with Gasteiger partial charge in [0.05, 0.1) is 6.61 Å². The summed E-state index contributed by atoms with van der Waals surface area (Å²) in [5.41, 5.74) is 2.09. The lowest BCUT2D eigenvalue weighted by Gasteiger charge is -2.10. The smallest absolute Gasteiger partial charge is 0.213 e. The molecule has 1 aromatic carbocycles. The first-order valence-corrected chi connectivity index (χ1v) is 5.93. The van der Waals surface area contributed by atoms with Crippen LogP contribution in [-0.2, 0) is 0 Å². The molecule has 0 unspecified atom stereocenters. The van der Waals surface area contributed by atoms with Crippen molar-refractivity contribution in [2.75, 3.05) is 6.61 Å². The molecule has 0 aromatic heterocycles. The van der Waals surface area contributed by atoms with E-state index in [1.54, 1.807) is 6.92 Å². The van der Waals surface area contributed by atoms with Crippen LogP contribution in [0.25, 0.3) is 0 Å². The van der Waals surface area contributed by atoms with Gasteiger partial charge in [-0.15, -0.1) is 12.6 Å². The Hall–Kier alpha value is -1.23. The molecule has 0 fully saturated rings. The Morgan fingerprint density at radius 3 is 2.41 bits per heavy atom. The Balaban J connectivity index is 2.56. The number of hydrogen-bond donors (Lipinski definition) is 1. The minimum absolute atomic E-state index is 0.295. The van der Waals surface area contributed by atoms with Crippen molar-refractivity contribution in [1.82, 2.24) is 0 Å². The van der Waals surface area contributed by atoms with Gasteiger partial charge < -0.3 is 4.74 Å². The van der Waals surface area contributed by atoms with E-state index in [1.165, 1.54) is 0 Å². The van der Waals surface area contributed by atoms with Crippen LogP contribution < -0.4 is 4.74 Å². The van der Waals surface area contributed by atoms with Gasteiger partial charge in [0.25, 0.3) is 0 Å². The quantitative estimate of drug-likeness (QED) is 0.500. The van der Waals surface area contributed by atoms with Crippen LogP contribution >= 0.6 is 12.6 Å². The van der Waals surface area contributed by atoms with Crippen molar-refractivity contribution in [2.45, 2.75) is 38.1 Å². The van der Waals surface area contributed by atoms with E-state index in [0.717, 1.165) is 21.8 Å². The Bertz CT molecular complexity index is 397. The Labute approximate surface area is 107 Å². The number of ether oxygens (including phenoxy) is 1. The standard InChI is InChI=1S/C12H17NO3S/c1-8-6-11(7-9(2)12(8)17)16-5-4-10(3)13(14)15/h6-7,10,17H,4-5H2,1-3H3/t10-/m1/s1. The first kappa shape index (κ1) is 13.8. The highest BCUT2D eigenvalue weighted by Crippen LogP contribution is 2.24. The molecular weight excluding hydrogens is 238 g/mol. The molecule has 1 aromatic rings. The fourth-order valence-corrected chi connectivity index (χ4v) is 1.58. The number of thiol groups is 1. The van der Waals surface area contributed by atoms with Crippen LogP contribution in [0.5, 0.6) is 5.75 Å². The summed E-state index contributed by atoms with van der Waals surface area (Å²) in [7, 11) is 0. The van der Waals surface area contributed by atoms with Crippen molar-refractivity contribution in [1.29, 1.82) is 0 Å². The van der Waals surface area contributed by atoms with Crippen LogP contribution in [0.4, 0.5) is 0 Å². The van der Waals surface area contributed by atoms with Crippen LogP contribution in [0.15, 0.2) is 17.0 Å². The third-order valence-electron chi connectivity index (χ3n) is 2.63. The van der Waals surface area contributed by atoms with E-state index in [0.29, 0.717) is 13.0 Å². The van der Waals surface area contributed by atoms with Gasteiger partial charge in [0.15, 0.2) is 0 Å². The second-order valence-corrected chi connectivity index (χ2v) is 4.62. The number of aryl methyl sites for hydroxylation is 2. The van der Waals surface area contributed by atoms with Crippen molar-refractivity contribution < 1.29 is 9.66 Å². The monoisotopic (exact) mass is 255 g/mol. The summed E-state index contributed by atoms with van der Waals surface area (Å²) in [5.74, 6) is 0.744. The number of hydrogen-bond acceptors (Lipinski definition) is 4. The van der Waals surface area contributed by atoms with Crippen molar-refractivity contribution >= 4 is 12.6 Å². The molecule has 4 nitrogen and oxygen atoms in total. The van der Waals surface area contributed by atoms with E-state index in [1.807, 2.05) is 26.0 Å². The van der Waals surface area contributed by atoms with Crippen molar-refractivity contribution in [3.63, 3.8) is 0 Å². The van der Waals surface area contributed by atoms with Crippen LogP contribution in [0.3, 0.4) is 0 Å². The average Bonchev–Trinajstić information content (AvgIpc) is 2.25. The maximum Gasteiger partial charge on any atom is 0.213 e. The Morgan fingerprint density at radius 2 is 1.94 bits per heavy atom. The van der Waals surface area contributed by atoms with Crippen molar-refractivity contribution in [3.8, 4) is 5.75 Å². The van der Waals surface area contributed by atoms with Gasteiger partial charge in [0, 0.05) is 23.2 Å². The highest BCUT2D eigenvalue weighted by molar-refractivity contribution is 7.80. The van der Waals surface area contributed by atoms with Gasteiger partial charge in [0.1, 0.15) is 5.75 Å². The van der Waals surface area contributed by atoms with Crippen molar-refractivity contribution in [2.24, 2.45) is 0 Å². The van der Waals surface area contributed by atoms with Gasteiger partial charge in [0.2, 0.25) is 6.04 Å². The molecule has 0 aliphatic carbocycles. The Kier molecular flexibility index (Phi) is 4.81. The number of nitro groups is 1. The molecule has 17 heavy (non-hydrogen) atoms. The summed E-state index contributed by atoms with van der Waals surface area (Å²) in [6.45, 7) is 5.85. The van der Waals surface area contributed by atoms with Gasteiger partial charge >= 0.3 is 0 Å². The molecule has 0 radical (unpaired) electrons. The van der Waals surface area contributed by atoms with Crippen LogP contribution in [-0.4, -0.2) is 17.6 Å².